The molecule has 116 valence electrons. The van der Waals surface area contributed by atoms with Gasteiger partial charge in [-0.15, -0.1) is 0 Å². The molecule has 2 N–H and O–H groups in total. The van der Waals surface area contributed by atoms with E-state index < -0.39 is 0 Å². The van der Waals surface area contributed by atoms with Gasteiger partial charge in [-0.1, -0.05) is 12.8 Å². The lowest BCUT2D eigenvalue weighted by molar-refractivity contribution is 0.355. The van der Waals surface area contributed by atoms with E-state index >= 15 is 0 Å². The molecule has 1 fully saturated rings. The Balaban J connectivity index is 1.76. The highest BCUT2D eigenvalue weighted by Gasteiger charge is 2.18. The number of benzene rings is 1. The average Bonchev–Trinajstić information content (AvgIpc) is 3.22. The molecule has 1 aliphatic carbocycles. The van der Waals surface area contributed by atoms with Crippen molar-refractivity contribution < 1.29 is 9.47 Å². The fourth-order valence-corrected chi connectivity index (χ4v) is 3.14. The number of nitrogens with zero attached hydrogens (tertiary/aromatic N) is 3. The van der Waals surface area contributed by atoms with E-state index in [9.17, 15) is 0 Å². The first-order valence-corrected chi connectivity index (χ1v) is 7.55. The van der Waals surface area contributed by atoms with Gasteiger partial charge < -0.3 is 14.8 Å². The summed E-state index contributed by atoms with van der Waals surface area (Å²) < 4.78 is 12.5. The summed E-state index contributed by atoms with van der Waals surface area (Å²) in [5, 5.41) is 6.72. The molecule has 1 saturated carbocycles. The highest BCUT2D eigenvalue weighted by Crippen LogP contribution is 2.32. The van der Waals surface area contributed by atoms with Gasteiger partial charge in [0.1, 0.15) is 0 Å². The van der Waals surface area contributed by atoms with E-state index in [-0.39, 0.29) is 0 Å². The molecule has 22 heavy (non-hydrogen) atoms. The van der Waals surface area contributed by atoms with Gasteiger partial charge in [0.15, 0.2) is 11.5 Å². The Morgan fingerprint density at radius 2 is 1.86 bits per heavy atom. The molecule has 0 spiro atoms. The van der Waals surface area contributed by atoms with Gasteiger partial charge in [-0.05, 0) is 12.8 Å². The number of methoxy groups -OCH3 is 2. The summed E-state index contributed by atoms with van der Waals surface area (Å²) in [5.41, 5.74) is 1.74. The molecule has 2 aromatic heterocycles. The quantitative estimate of drug-likeness (QED) is 0.774. The monoisotopic (exact) mass is 301 g/mol. The number of aromatic nitrogens is 4. The second-order valence-electron chi connectivity index (χ2n) is 5.64. The van der Waals surface area contributed by atoms with Crippen LogP contribution in [-0.2, 0) is 0 Å². The number of nitrogens with one attached hydrogen (secondary N) is 2. The van der Waals surface area contributed by atoms with Gasteiger partial charge in [-0.2, -0.15) is 4.98 Å². The second-order valence-corrected chi connectivity index (χ2v) is 5.64. The molecule has 0 bridgehead atoms. The first-order valence-electron chi connectivity index (χ1n) is 7.55. The lowest BCUT2D eigenvalue weighted by atomic mass is 10.2. The molecule has 3 aromatic rings. The third-order valence-electron chi connectivity index (χ3n) is 4.27. The first kappa shape index (κ1) is 13.2. The zero-order chi connectivity index (χ0) is 15.1. The molecule has 0 radical (unpaired) electrons. The van der Waals surface area contributed by atoms with E-state index in [1.165, 1.54) is 25.7 Å². The Labute approximate surface area is 127 Å². The molecule has 1 aromatic carbocycles. The van der Waals surface area contributed by atoms with Crippen LogP contribution < -0.4 is 14.8 Å². The minimum atomic E-state index is 0.511. The van der Waals surface area contributed by atoms with Crippen molar-refractivity contribution in [2.45, 2.75) is 31.7 Å². The van der Waals surface area contributed by atoms with Crippen LogP contribution in [0.15, 0.2) is 12.1 Å². The molecule has 7 heteroatoms. The van der Waals surface area contributed by atoms with Crippen LogP contribution in [0, 0.1) is 0 Å². The van der Waals surface area contributed by atoms with Crippen molar-refractivity contribution in [2.24, 2.45) is 0 Å². The number of imidazole rings is 1. The number of fused-ring (bicyclic) bond motifs is 3. The number of anilines is 1. The van der Waals surface area contributed by atoms with Crippen LogP contribution in [0.4, 0.5) is 5.95 Å². The maximum atomic E-state index is 5.36. The summed E-state index contributed by atoms with van der Waals surface area (Å²) in [5.74, 6) is 2.76. The van der Waals surface area contributed by atoms with Gasteiger partial charge >= 0.3 is 0 Å². The number of hydrogen-bond acceptors (Lipinski definition) is 5. The van der Waals surface area contributed by atoms with Crippen molar-refractivity contribution in [2.75, 3.05) is 19.5 Å². The van der Waals surface area contributed by atoms with Crippen LogP contribution in [0.25, 0.3) is 16.8 Å². The maximum Gasteiger partial charge on any atom is 0.253 e. The molecule has 0 amide bonds. The van der Waals surface area contributed by atoms with E-state index in [1.54, 1.807) is 14.2 Å². The zero-order valence-electron chi connectivity index (χ0n) is 12.7. The summed E-state index contributed by atoms with van der Waals surface area (Å²) in [6.45, 7) is 0. The number of rotatable bonds is 4. The zero-order valence-corrected chi connectivity index (χ0v) is 12.7. The number of aromatic amines is 1. The van der Waals surface area contributed by atoms with Crippen LogP contribution in [0.2, 0.25) is 0 Å². The van der Waals surface area contributed by atoms with E-state index in [1.807, 2.05) is 16.6 Å². The smallest absolute Gasteiger partial charge is 0.253 e. The largest absolute Gasteiger partial charge is 0.493 e. The van der Waals surface area contributed by atoms with Gasteiger partial charge in [-0.25, -0.2) is 9.50 Å². The minimum Gasteiger partial charge on any atom is -0.493 e. The highest BCUT2D eigenvalue weighted by molar-refractivity contribution is 5.83. The van der Waals surface area contributed by atoms with Crippen LogP contribution >= 0.6 is 0 Å². The Morgan fingerprint density at radius 3 is 2.59 bits per heavy atom. The summed E-state index contributed by atoms with van der Waals surface area (Å²) in [6.07, 6.45) is 4.98. The SMILES string of the molecule is COc1cc2nc3nc(NC4CCCC4)[nH]n3c2cc1OC. The van der Waals surface area contributed by atoms with E-state index in [2.05, 4.69) is 20.4 Å². The molecule has 1 aliphatic rings. The predicted octanol–water partition coefficient (Wildman–Crippen LogP) is 2.58. The van der Waals surface area contributed by atoms with Gasteiger partial charge in [0.25, 0.3) is 5.78 Å². The summed E-state index contributed by atoms with van der Waals surface area (Å²) in [6, 6.07) is 4.28. The number of H-pyrrole nitrogens is 1. The highest BCUT2D eigenvalue weighted by atomic mass is 16.5. The molecular weight excluding hydrogens is 282 g/mol. The van der Waals surface area contributed by atoms with Crippen LogP contribution in [0.5, 0.6) is 11.5 Å². The van der Waals surface area contributed by atoms with Gasteiger partial charge in [0.2, 0.25) is 5.95 Å². The number of ether oxygens (including phenoxy) is 2. The van der Waals surface area contributed by atoms with Gasteiger partial charge in [0.05, 0.1) is 25.3 Å². The van der Waals surface area contributed by atoms with Crippen molar-refractivity contribution in [3.05, 3.63) is 12.1 Å². The molecule has 0 atom stereocenters. The van der Waals surface area contributed by atoms with Gasteiger partial charge in [0, 0.05) is 18.2 Å². The Bertz CT molecular complexity index is 816. The summed E-state index contributed by atoms with van der Waals surface area (Å²) in [7, 11) is 3.25. The van der Waals surface area contributed by atoms with Crippen molar-refractivity contribution in [3.8, 4) is 11.5 Å². The maximum absolute atomic E-state index is 5.36. The van der Waals surface area contributed by atoms with Crippen molar-refractivity contribution in [1.29, 1.82) is 0 Å². The van der Waals surface area contributed by atoms with E-state index in [4.69, 9.17) is 9.47 Å². The fourth-order valence-electron chi connectivity index (χ4n) is 3.14. The average molecular weight is 301 g/mol. The van der Waals surface area contributed by atoms with E-state index in [0.29, 0.717) is 23.3 Å². The summed E-state index contributed by atoms with van der Waals surface area (Å²) >= 11 is 0. The van der Waals surface area contributed by atoms with Gasteiger partial charge in [-0.3, -0.25) is 5.10 Å². The molecule has 7 nitrogen and oxygen atoms in total. The van der Waals surface area contributed by atoms with Crippen LogP contribution in [0.3, 0.4) is 0 Å². The second kappa shape index (κ2) is 5.08. The Kier molecular flexibility index (Phi) is 3.06. The fraction of sp³-hybridized carbons (Fsp3) is 0.467. The lowest BCUT2D eigenvalue weighted by Gasteiger charge is -2.09. The molecule has 4 rings (SSSR count). The van der Waals surface area contributed by atoms with Crippen molar-refractivity contribution >= 4 is 22.8 Å². The topological polar surface area (TPSA) is 76.5 Å². The van der Waals surface area contributed by atoms with Crippen LogP contribution in [-0.4, -0.2) is 39.8 Å². The molecule has 0 saturated heterocycles. The lowest BCUT2D eigenvalue weighted by Crippen LogP contribution is -2.15. The normalized spacial score (nSPS) is 15.7. The standard InChI is InChI=1S/C15H19N5O2/c1-21-12-7-10-11(8-13(12)22-2)20-15(17-10)18-14(19-20)16-9-5-3-4-6-9/h7-9H,3-6H2,1-2H3,(H2,16,17,18,19). The Hall–Kier alpha value is -2.44. The molecule has 0 aliphatic heterocycles. The minimum absolute atomic E-state index is 0.511. The number of hydrogen-bond donors (Lipinski definition) is 2. The summed E-state index contributed by atoms with van der Waals surface area (Å²) in [4.78, 5) is 9.07. The predicted molar refractivity (Wildman–Crippen MR) is 83.8 cm³/mol. The van der Waals surface area contributed by atoms with Crippen molar-refractivity contribution in [1.82, 2.24) is 19.6 Å². The van der Waals surface area contributed by atoms with Crippen LogP contribution in [0.1, 0.15) is 25.7 Å². The van der Waals surface area contributed by atoms with E-state index in [0.717, 1.165) is 17.0 Å². The molecule has 2 heterocycles. The molecular formula is C15H19N5O2. The Morgan fingerprint density at radius 1 is 1.14 bits per heavy atom. The molecule has 0 unspecified atom stereocenters. The third kappa shape index (κ3) is 2.04. The first-order chi connectivity index (χ1) is 10.8. The van der Waals surface area contributed by atoms with Crippen molar-refractivity contribution in [3.63, 3.8) is 0 Å². The third-order valence-corrected chi connectivity index (χ3v) is 4.27.